The van der Waals surface area contributed by atoms with E-state index in [1.165, 1.54) is 0 Å². The van der Waals surface area contributed by atoms with Crippen LogP contribution in [-0.4, -0.2) is 45.4 Å². The van der Waals surface area contributed by atoms with Crippen molar-refractivity contribution in [2.45, 2.75) is 37.1 Å². The summed E-state index contributed by atoms with van der Waals surface area (Å²) in [6.45, 7) is 2.08. The van der Waals surface area contributed by atoms with E-state index < -0.39 is 12.0 Å². The first kappa shape index (κ1) is 17.9. The molecule has 3 aromatic heterocycles. The van der Waals surface area contributed by atoms with Gasteiger partial charge in [0.1, 0.15) is 12.0 Å². The Morgan fingerprint density at radius 3 is 2.97 bits per heavy atom. The lowest BCUT2D eigenvalue weighted by atomic mass is 9.97. The number of anilines is 1. The van der Waals surface area contributed by atoms with Crippen molar-refractivity contribution >= 4 is 23.1 Å². The molecule has 1 aliphatic heterocycles. The summed E-state index contributed by atoms with van der Waals surface area (Å²) >= 11 is 0. The number of alkyl halides is 1. The summed E-state index contributed by atoms with van der Waals surface area (Å²) in [6.07, 6.45) is 5.28. The quantitative estimate of drug-likeness (QED) is 0.442. The second kappa shape index (κ2) is 6.70. The molecule has 0 bridgehead atoms. The van der Waals surface area contributed by atoms with Crippen LogP contribution >= 0.6 is 0 Å². The fourth-order valence-electron chi connectivity index (χ4n) is 3.76. The summed E-state index contributed by atoms with van der Waals surface area (Å²) in [4.78, 5) is 12.6. The van der Waals surface area contributed by atoms with Crippen molar-refractivity contribution in [3.63, 3.8) is 0 Å². The van der Waals surface area contributed by atoms with Gasteiger partial charge in [-0.1, -0.05) is 6.92 Å². The SMILES string of the molecule is CNC1([C@H](C)c2ccc3[nH]ccc3n2)N=CC=C(Nc2cc([C@@H]3C[C@H]3F)[nH]n2)N1. The van der Waals surface area contributed by atoms with Crippen LogP contribution in [0.3, 0.4) is 0 Å². The molecule has 1 unspecified atom stereocenters. The monoisotopic (exact) mass is 394 g/mol. The van der Waals surface area contributed by atoms with Crippen LogP contribution < -0.4 is 16.0 Å². The van der Waals surface area contributed by atoms with E-state index in [4.69, 9.17) is 4.98 Å². The number of halogens is 1. The van der Waals surface area contributed by atoms with Gasteiger partial charge in [0.25, 0.3) is 0 Å². The van der Waals surface area contributed by atoms with Gasteiger partial charge in [0.15, 0.2) is 11.6 Å². The highest BCUT2D eigenvalue weighted by Crippen LogP contribution is 2.43. The number of rotatable bonds is 6. The molecule has 0 radical (unpaired) electrons. The normalized spacial score (nSPS) is 26.8. The molecule has 150 valence electrons. The number of aliphatic imine (C=N–C) groups is 1. The van der Waals surface area contributed by atoms with Crippen LogP contribution in [-0.2, 0) is 0 Å². The standard InChI is InChI=1S/C20H23FN8/c1-11(14-3-4-15-16(25-14)5-7-23-15)20(22-2)24-8-6-18(27-20)26-19-10-17(28-29-19)12-9-13(12)21/h3-8,10-13,22-23,27H,9H2,1-2H3,(H2,26,28,29)/t11-,12-,13-,20?/m1/s1. The largest absolute Gasteiger partial charge is 0.360 e. The van der Waals surface area contributed by atoms with E-state index in [-0.39, 0.29) is 11.8 Å². The van der Waals surface area contributed by atoms with Gasteiger partial charge in [-0.25, -0.2) is 9.38 Å². The number of nitrogens with zero attached hydrogens (tertiary/aromatic N) is 3. The first-order valence-electron chi connectivity index (χ1n) is 9.71. The van der Waals surface area contributed by atoms with Crippen molar-refractivity contribution in [2.24, 2.45) is 4.99 Å². The number of aromatic amines is 2. The molecule has 1 aliphatic carbocycles. The molecule has 4 atom stereocenters. The first-order valence-corrected chi connectivity index (χ1v) is 9.71. The molecule has 4 heterocycles. The Labute approximate surface area is 167 Å². The van der Waals surface area contributed by atoms with Crippen LogP contribution in [0.4, 0.5) is 10.2 Å². The average molecular weight is 394 g/mol. The Hall–Kier alpha value is -3.20. The smallest absolute Gasteiger partial charge is 0.193 e. The lowest BCUT2D eigenvalue weighted by Gasteiger charge is -2.38. The second-order valence-corrected chi connectivity index (χ2v) is 7.56. The molecule has 9 heteroatoms. The highest BCUT2D eigenvalue weighted by Gasteiger charge is 2.40. The molecule has 3 aromatic rings. The molecule has 0 spiro atoms. The van der Waals surface area contributed by atoms with E-state index in [1.54, 1.807) is 6.21 Å². The molecule has 0 aromatic carbocycles. The number of likely N-dealkylation sites (N-methyl/N-ethyl adjacent to an activating group) is 1. The fraction of sp³-hybridized carbons (Fsp3) is 0.350. The molecule has 8 nitrogen and oxygen atoms in total. The number of H-pyrrole nitrogens is 2. The maximum Gasteiger partial charge on any atom is 0.193 e. The first-order chi connectivity index (χ1) is 14.1. The van der Waals surface area contributed by atoms with Crippen molar-refractivity contribution < 1.29 is 4.39 Å². The molecule has 29 heavy (non-hydrogen) atoms. The molecular formula is C20H23FN8. The minimum atomic E-state index is -0.770. The van der Waals surface area contributed by atoms with Crippen LogP contribution in [0.5, 0.6) is 0 Å². The molecule has 0 amide bonds. The summed E-state index contributed by atoms with van der Waals surface area (Å²) < 4.78 is 13.3. The Bertz CT molecular complexity index is 1100. The molecule has 5 rings (SSSR count). The second-order valence-electron chi connectivity index (χ2n) is 7.56. The third-order valence-corrected chi connectivity index (χ3v) is 5.69. The van der Waals surface area contributed by atoms with Crippen LogP contribution in [0.2, 0.25) is 0 Å². The molecular weight excluding hydrogens is 371 g/mol. The minimum Gasteiger partial charge on any atom is -0.360 e. The number of nitrogens with one attached hydrogen (secondary N) is 5. The summed E-state index contributed by atoms with van der Waals surface area (Å²) in [7, 11) is 1.86. The average Bonchev–Trinajstić information content (AvgIpc) is 3.12. The zero-order chi connectivity index (χ0) is 20.0. The number of pyridine rings is 1. The van der Waals surface area contributed by atoms with Gasteiger partial charge in [-0.3, -0.25) is 15.4 Å². The number of hydrogen-bond acceptors (Lipinski definition) is 6. The van der Waals surface area contributed by atoms with Crippen LogP contribution in [0.15, 0.2) is 47.4 Å². The van der Waals surface area contributed by atoms with Gasteiger partial charge in [-0.15, -0.1) is 0 Å². The van der Waals surface area contributed by atoms with Gasteiger partial charge in [-0.05, 0) is 37.7 Å². The van der Waals surface area contributed by atoms with Gasteiger partial charge in [0.05, 0.1) is 17.0 Å². The Morgan fingerprint density at radius 1 is 1.31 bits per heavy atom. The number of hydrogen-bond donors (Lipinski definition) is 5. The molecule has 1 fully saturated rings. The van der Waals surface area contributed by atoms with Gasteiger partial charge in [-0.2, -0.15) is 5.10 Å². The van der Waals surface area contributed by atoms with Crippen LogP contribution in [0.1, 0.15) is 36.6 Å². The van der Waals surface area contributed by atoms with Crippen molar-refractivity contribution in [2.75, 3.05) is 12.4 Å². The van der Waals surface area contributed by atoms with E-state index in [1.807, 2.05) is 43.6 Å². The lowest BCUT2D eigenvalue weighted by Crippen LogP contribution is -2.59. The van der Waals surface area contributed by atoms with Gasteiger partial charge in [0, 0.05) is 35.8 Å². The Kier molecular flexibility index (Phi) is 4.13. The van der Waals surface area contributed by atoms with Gasteiger partial charge < -0.3 is 15.6 Å². The summed E-state index contributed by atoms with van der Waals surface area (Å²) in [5.41, 5.74) is 3.66. The Balaban J connectivity index is 1.35. The maximum absolute atomic E-state index is 13.3. The van der Waals surface area contributed by atoms with E-state index >= 15 is 0 Å². The van der Waals surface area contributed by atoms with Crippen molar-refractivity contribution in [3.05, 3.63) is 53.7 Å². The third kappa shape index (κ3) is 3.17. The molecule has 2 aliphatic rings. The van der Waals surface area contributed by atoms with Crippen LogP contribution in [0.25, 0.3) is 11.0 Å². The van der Waals surface area contributed by atoms with Gasteiger partial charge >= 0.3 is 0 Å². The topological polar surface area (TPSA) is 106 Å². The number of fused-ring (bicyclic) bond motifs is 1. The van der Waals surface area contributed by atoms with Crippen molar-refractivity contribution in [1.82, 2.24) is 30.8 Å². The van der Waals surface area contributed by atoms with Crippen molar-refractivity contribution in [1.29, 1.82) is 0 Å². The Morgan fingerprint density at radius 2 is 2.17 bits per heavy atom. The van der Waals surface area contributed by atoms with Crippen molar-refractivity contribution in [3.8, 4) is 0 Å². The fourth-order valence-corrected chi connectivity index (χ4v) is 3.76. The maximum atomic E-state index is 13.3. The minimum absolute atomic E-state index is 0.0567. The predicted octanol–water partition coefficient (Wildman–Crippen LogP) is 2.72. The zero-order valence-electron chi connectivity index (χ0n) is 16.2. The van der Waals surface area contributed by atoms with E-state index in [0.717, 1.165) is 28.2 Å². The third-order valence-electron chi connectivity index (χ3n) is 5.69. The van der Waals surface area contributed by atoms with E-state index in [9.17, 15) is 4.39 Å². The predicted molar refractivity (Wildman–Crippen MR) is 110 cm³/mol. The summed E-state index contributed by atoms with van der Waals surface area (Å²) in [5, 5.41) is 17.1. The highest BCUT2D eigenvalue weighted by atomic mass is 19.1. The summed E-state index contributed by atoms with van der Waals surface area (Å²) in [5.74, 6) is 0.487. The highest BCUT2D eigenvalue weighted by molar-refractivity contribution is 5.76. The number of aromatic nitrogens is 4. The zero-order valence-corrected chi connectivity index (χ0v) is 16.2. The lowest BCUT2D eigenvalue weighted by molar-refractivity contribution is 0.260. The van der Waals surface area contributed by atoms with Gasteiger partial charge in [0.2, 0.25) is 0 Å². The number of allylic oxidation sites excluding steroid dienone is 1. The molecule has 1 saturated carbocycles. The van der Waals surface area contributed by atoms with E-state index in [0.29, 0.717) is 12.2 Å². The van der Waals surface area contributed by atoms with E-state index in [2.05, 4.69) is 43.0 Å². The molecule has 5 N–H and O–H groups in total. The van der Waals surface area contributed by atoms with Crippen LogP contribution in [0, 0.1) is 0 Å². The molecule has 0 saturated heterocycles. The summed E-state index contributed by atoms with van der Waals surface area (Å²) in [6, 6.07) is 7.85.